The topological polar surface area (TPSA) is 154 Å². The molecule has 3 aliphatic rings. The number of esters is 1. The summed E-state index contributed by atoms with van der Waals surface area (Å²) in [5.74, 6) is -1.35. The van der Waals surface area contributed by atoms with Crippen LogP contribution in [0.25, 0.3) is 0 Å². The number of fused-ring (bicyclic) bond motifs is 1. The normalized spacial score (nSPS) is 23.7. The van der Waals surface area contributed by atoms with E-state index in [1.807, 2.05) is 0 Å². The van der Waals surface area contributed by atoms with Gasteiger partial charge in [0.15, 0.2) is 22.3 Å². The van der Waals surface area contributed by atoms with E-state index in [0.717, 1.165) is 16.2 Å². The average Bonchev–Trinajstić information content (AvgIpc) is 3.36. The van der Waals surface area contributed by atoms with E-state index in [2.05, 4.69) is 25.3 Å². The van der Waals surface area contributed by atoms with Crippen LogP contribution in [0, 0.1) is 0 Å². The van der Waals surface area contributed by atoms with Crippen molar-refractivity contribution in [3.63, 3.8) is 0 Å². The quantitative estimate of drug-likeness (QED) is 0.361. The molecule has 0 radical (unpaired) electrons. The monoisotopic (exact) mass is 524 g/mol. The number of aryl methyl sites for hydroxylation is 1. The molecule has 2 aromatic heterocycles. The number of amides is 4. The Morgan fingerprint density at radius 1 is 1.27 bits per heavy atom. The zero-order valence-electron chi connectivity index (χ0n) is 19.6. The molecule has 1 aromatic carbocycles. The Morgan fingerprint density at radius 2 is 2.08 bits per heavy atom. The van der Waals surface area contributed by atoms with Crippen molar-refractivity contribution >= 4 is 40.3 Å². The summed E-state index contributed by atoms with van der Waals surface area (Å²) in [5, 5.41) is 6.94. The summed E-state index contributed by atoms with van der Waals surface area (Å²) in [7, 11) is 3.01. The predicted octanol–water partition coefficient (Wildman–Crippen LogP) is 1.55. The third-order valence-corrected chi connectivity index (χ3v) is 7.35. The van der Waals surface area contributed by atoms with E-state index in [-0.39, 0.29) is 24.0 Å². The number of nitrogens with zero attached hydrogens (tertiary/aromatic N) is 4. The lowest BCUT2D eigenvalue weighted by Gasteiger charge is -2.25. The second-order valence-corrected chi connectivity index (χ2v) is 9.66. The van der Waals surface area contributed by atoms with Crippen molar-refractivity contribution in [1.29, 1.82) is 0 Å². The van der Waals surface area contributed by atoms with Gasteiger partial charge in [-0.05, 0) is 24.1 Å². The SMILES string of the molecule is COC(=O)c1csc(NC(=O)C2(N3C(=O)NC(c4ccc5c(c4)OCO5)C3=O)C[C@H]2c2cn(C)cn2)n1. The van der Waals surface area contributed by atoms with E-state index in [1.54, 1.807) is 42.3 Å². The molecule has 13 nitrogen and oxygen atoms in total. The zero-order valence-corrected chi connectivity index (χ0v) is 20.4. The van der Waals surface area contributed by atoms with Crippen LogP contribution in [0.3, 0.4) is 0 Å². The minimum absolute atomic E-state index is 0.0341. The number of methoxy groups -OCH3 is 1. The number of ether oxygens (including phenoxy) is 3. The molecular weight excluding hydrogens is 504 g/mol. The molecule has 6 rings (SSSR count). The molecule has 2 aliphatic heterocycles. The zero-order chi connectivity index (χ0) is 25.9. The highest BCUT2D eigenvalue weighted by Crippen LogP contribution is 2.57. The summed E-state index contributed by atoms with van der Waals surface area (Å²) in [6, 6.07) is 3.25. The first-order valence-electron chi connectivity index (χ1n) is 11.2. The summed E-state index contributed by atoms with van der Waals surface area (Å²) < 4.78 is 17.1. The lowest BCUT2D eigenvalue weighted by Crippen LogP contribution is -2.51. The lowest BCUT2D eigenvalue weighted by atomic mass is 10.0. The molecule has 2 N–H and O–H groups in total. The Bertz CT molecular complexity index is 1470. The third kappa shape index (κ3) is 3.59. The van der Waals surface area contributed by atoms with Crippen molar-refractivity contribution in [2.45, 2.75) is 23.9 Å². The van der Waals surface area contributed by atoms with Crippen LogP contribution in [0.4, 0.5) is 9.93 Å². The van der Waals surface area contributed by atoms with E-state index >= 15 is 0 Å². The fourth-order valence-corrected chi connectivity index (χ4v) is 5.40. The first-order chi connectivity index (χ1) is 17.8. The Hall–Kier alpha value is -4.46. The van der Waals surface area contributed by atoms with Gasteiger partial charge in [0, 0.05) is 24.5 Å². The Balaban J connectivity index is 1.33. The molecule has 3 aromatic rings. The van der Waals surface area contributed by atoms with Gasteiger partial charge in [-0.3, -0.25) is 14.9 Å². The van der Waals surface area contributed by atoms with Crippen LogP contribution in [0.2, 0.25) is 0 Å². The van der Waals surface area contributed by atoms with Crippen molar-refractivity contribution in [3.8, 4) is 11.5 Å². The molecule has 2 unspecified atom stereocenters. The molecular formula is C23H20N6O7S. The average molecular weight is 525 g/mol. The highest BCUT2D eigenvalue weighted by atomic mass is 32.1. The molecule has 14 heteroatoms. The first-order valence-corrected chi connectivity index (χ1v) is 12.1. The van der Waals surface area contributed by atoms with Gasteiger partial charge in [0.05, 0.1) is 19.1 Å². The summed E-state index contributed by atoms with van der Waals surface area (Å²) in [6.07, 6.45) is 3.51. The molecule has 1 saturated carbocycles. The van der Waals surface area contributed by atoms with Crippen LogP contribution in [0.1, 0.15) is 40.1 Å². The fourth-order valence-electron chi connectivity index (χ4n) is 4.72. The number of aromatic nitrogens is 3. The molecule has 1 saturated heterocycles. The van der Waals surface area contributed by atoms with Gasteiger partial charge in [-0.1, -0.05) is 6.07 Å². The Labute approximate surface area is 213 Å². The predicted molar refractivity (Wildman–Crippen MR) is 126 cm³/mol. The highest BCUT2D eigenvalue weighted by molar-refractivity contribution is 7.14. The van der Waals surface area contributed by atoms with Crippen LogP contribution in [-0.4, -0.2) is 62.7 Å². The van der Waals surface area contributed by atoms with Crippen LogP contribution in [-0.2, 0) is 21.4 Å². The third-order valence-electron chi connectivity index (χ3n) is 6.59. The van der Waals surface area contributed by atoms with Gasteiger partial charge in [-0.25, -0.2) is 24.5 Å². The van der Waals surface area contributed by atoms with E-state index in [1.165, 1.54) is 12.5 Å². The number of urea groups is 1. The Kier molecular flexibility index (Phi) is 5.15. The number of imide groups is 1. The van der Waals surface area contributed by atoms with Gasteiger partial charge in [0.25, 0.3) is 11.8 Å². The standard InChI is InChI=1S/C23H20N6O7S/c1-28-7-13(24-9-28)12-6-23(12,20(32)27-21-25-14(8-37-21)19(31)34-2)29-18(30)17(26-22(29)33)11-3-4-15-16(5-11)36-10-35-15/h3-5,7-9,12,17H,6,10H2,1-2H3,(H,26,33)(H,25,27,32)/t12-,17?,23?/m0/s1. The maximum atomic E-state index is 13.7. The van der Waals surface area contributed by atoms with Crippen molar-refractivity contribution < 1.29 is 33.4 Å². The number of rotatable bonds is 6. The van der Waals surface area contributed by atoms with Crippen LogP contribution < -0.4 is 20.1 Å². The van der Waals surface area contributed by atoms with Gasteiger partial charge in [0.1, 0.15) is 11.6 Å². The maximum absolute atomic E-state index is 13.7. The van der Waals surface area contributed by atoms with E-state index in [4.69, 9.17) is 9.47 Å². The number of thiazole rings is 1. The molecule has 3 atom stereocenters. The summed E-state index contributed by atoms with van der Waals surface area (Å²) in [6.45, 7) is 0.0688. The number of imidazole rings is 1. The summed E-state index contributed by atoms with van der Waals surface area (Å²) >= 11 is 1.03. The molecule has 4 heterocycles. The largest absolute Gasteiger partial charge is 0.464 e. The number of hydrogen-bond donors (Lipinski definition) is 2. The minimum Gasteiger partial charge on any atom is -0.464 e. The molecule has 37 heavy (non-hydrogen) atoms. The number of benzene rings is 1. The van der Waals surface area contributed by atoms with Gasteiger partial charge in [-0.15, -0.1) is 11.3 Å². The number of hydrogen-bond acceptors (Lipinski definition) is 10. The lowest BCUT2D eigenvalue weighted by molar-refractivity contribution is -0.135. The van der Waals surface area contributed by atoms with Crippen molar-refractivity contribution in [3.05, 3.63) is 53.1 Å². The van der Waals surface area contributed by atoms with Crippen molar-refractivity contribution in [1.82, 2.24) is 24.8 Å². The van der Waals surface area contributed by atoms with E-state index in [9.17, 15) is 19.2 Å². The Morgan fingerprint density at radius 3 is 2.84 bits per heavy atom. The number of carbonyl (C=O) groups is 4. The molecule has 0 spiro atoms. The van der Waals surface area contributed by atoms with Crippen LogP contribution in [0.5, 0.6) is 11.5 Å². The van der Waals surface area contributed by atoms with Gasteiger partial charge in [0.2, 0.25) is 6.79 Å². The van der Waals surface area contributed by atoms with E-state index < -0.39 is 41.3 Å². The van der Waals surface area contributed by atoms with Gasteiger partial charge < -0.3 is 24.1 Å². The number of anilines is 1. The highest BCUT2D eigenvalue weighted by Gasteiger charge is 2.70. The number of carbonyl (C=O) groups excluding carboxylic acids is 4. The number of nitrogens with one attached hydrogen (secondary N) is 2. The summed E-state index contributed by atoms with van der Waals surface area (Å²) in [5.41, 5.74) is -0.429. The molecule has 4 amide bonds. The van der Waals surface area contributed by atoms with Gasteiger partial charge >= 0.3 is 12.0 Å². The summed E-state index contributed by atoms with van der Waals surface area (Å²) in [4.78, 5) is 61.8. The second-order valence-electron chi connectivity index (χ2n) is 8.80. The minimum atomic E-state index is -1.53. The van der Waals surface area contributed by atoms with Gasteiger partial charge in [-0.2, -0.15) is 0 Å². The fraction of sp³-hybridized carbons (Fsp3) is 0.304. The maximum Gasteiger partial charge on any atom is 0.357 e. The first kappa shape index (κ1) is 23.0. The van der Waals surface area contributed by atoms with Crippen molar-refractivity contribution in [2.75, 3.05) is 19.2 Å². The van der Waals surface area contributed by atoms with Crippen molar-refractivity contribution in [2.24, 2.45) is 7.05 Å². The molecule has 1 aliphatic carbocycles. The molecule has 2 fully saturated rings. The van der Waals surface area contributed by atoms with Crippen LogP contribution >= 0.6 is 11.3 Å². The second kappa shape index (κ2) is 8.30. The molecule has 0 bridgehead atoms. The van der Waals surface area contributed by atoms with Crippen LogP contribution in [0.15, 0.2) is 36.1 Å². The molecule has 190 valence electrons. The smallest absolute Gasteiger partial charge is 0.357 e. The van der Waals surface area contributed by atoms with E-state index in [0.29, 0.717) is 22.8 Å².